The van der Waals surface area contributed by atoms with E-state index in [2.05, 4.69) is 10.9 Å². The Hall–Kier alpha value is -2.85. The summed E-state index contributed by atoms with van der Waals surface area (Å²) < 4.78 is 5.68. The van der Waals surface area contributed by atoms with Crippen molar-refractivity contribution >= 4 is 23.2 Å². The molecule has 1 aliphatic rings. The van der Waals surface area contributed by atoms with Gasteiger partial charge in [0.05, 0.1) is 11.6 Å². The Labute approximate surface area is 181 Å². The topological polar surface area (TPSA) is 62.7 Å². The zero-order valence-electron chi connectivity index (χ0n) is 17.7. The molecule has 0 unspecified atom stereocenters. The Kier molecular flexibility index (Phi) is 7.11. The summed E-state index contributed by atoms with van der Waals surface area (Å²) in [6, 6.07) is 5.85. The van der Waals surface area contributed by atoms with Gasteiger partial charge < -0.3 is 14.5 Å². The van der Waals surface area contributed by atoms with Crippen LogP contribution in [0.2, 0.25) is 0 Å². The standard InChI is InChI=1S/C23H27N3O3S/c1-5-10-25(4)23(28)20-15-30-22(24-20)18-8-11-26(12-9-18)21(27)14-29-19-7-6-16(2)17(3)13-19/h1,6-7,13,15,18H,8-12,14H2,2-4H3. The number of thiazole rings is 1. The molecule has 0 aliphatic carbocycles. The number of aromatic nitrogens is 1. The molecule has 2 amide bonds. The van der Waals surface area contributed by atoms with E-state index in [-0.39, 0.29) is 30.9 Å². The largest absolute Gasteiger partial charge is 0.484 e. The maximum atomic E-state index is 12.5. The minimum absolute atomic E-state index is 0.00223. The van der Waals surface area contributed by atoms with Gasteiger partial charge in [-0.15, -0.1) is 17.8 Å². The lowest BCUT2D eigenvalue weighted by molar-refractivity contribution is -0.134. The second-order valence-electron chi connectivity index (χ2n) is 7.63. The number of carbonyl (C=O) groups is 2. The third-order valence-electron chi connectivity index (χ3n) is 5.45. The minimum Gasteiger partial charge on any atom is -0.484 e. The number of piperidine rings is 1. The van der Waals surface area contributed by atoms with Gasteiger partial charge in [0.15, 0.2) is 6.61 Å². The number of likely N-dealkylation sites (tertiary alicyclic amines) is 1. The minimum atomic E-state index is -0.161. The molecule has 2 aromatic rings. The summed E-state index contributed by atoms with van der Waals surface area (Å²) in [7, 11) is 1.67. The highest BCUT2D eigenvalue weighted by molar-refractivity contribution is 7.09. The van der Waals surface area contributed by atoms with E-state index >= 15 is 0 Å². The van der Waals surface area contributed by atoms with Crippen molar-refractivity contribution in [3.8, 4) is 18.1 Å². The molecule has 3 rings (SSSR count). The lowest BCUT2D eigenvalue weighted by Gasteiger charge is -2.31. The number of nitrogens with zero attached hydrogens (tertiary/aromatic N) is 3. The third-order valence-corrected chi connectivity index (χ3v) is 6.46. The molecule has 1 saturated heterocycles. The second kappa shape index (κ2) is 9.77. The van der Waals surface area contributed by atoms with E-state index in [1.807, 2.05) is 36.9 Å². The third kappa shape index (κ3) is 5.19. The van der Waals surface area contributed by atoms with Crippen LogP contribution in [0.1, 0.15) is 45.4 Å². The Morgan fingerprint density at radius 3 is 2.70 bits per heavy atom. The van der Waals surface area contributed by atoms with Crippen LogP contribution in [-0.2, 0) is 4.79 Å². The molecule has 30 heavy (non-hydrogen) atoms. The fourth-order valence-electron chi connectivity index (χ4n) is 3.39. The zero-order valence-corrected chi connectivity index (χ0v) is 18.5. The maximum absolute atomic E-state index is 12.5. The lowest BCUT2D eigenvalue weighted by Crippen LogP contribution is -2.40. The number of rotatable bonds is 6. The number of aryl methyl sites for hydroxylation is 2. The van der Waals surface area contributed by atoms with Gasteiger partial charge in [-0.1, -0.05) is 12.0 Å². The smallest absolute Gasteiger partial charge is 0.273 e. The van der Waals surface area contributed by atoms with E-state index in [1.165, 1.54) is 21.8 Å². The van der Waals surface area contributed by atoms with Crippen LogP contribution in [0.15, 0.2) is 23.6 Å². The number of carbonyl (C=O) groups excluding carboxylic acids is 2. The average molecular weight is 426 g/mol. The highest BCUT2D eigenvalue weighted by Crippen LogP contribution is 2.30. The highest BCUT2D eigenvalue weighted by Gasteiger charge is 2.27. The summed E-state index contributed by atoms with van der Waals surface area (Å²) in [5.41, 5.74) is 2.78. The lowest BCUT2D eigenvalue weighted by atomic mass is 9.97. The molecular formula is C23H27N3O3S. The molecule has 1 aliphatic heterocycles. The fraction of sp³-hybridized carbons (Fsp3) is 0.435. The van der Waals surface area contributed by atoms with Crippen molar-refractivity contribution in [3.05, 3.63) is 45.4 Å². The van der Waals surface area contributed by atoms with Gasteiger partial charge in [-0.2, -0.15) is 0 Å². The molecule has 158 valence electrons. The average Bonchev–Trinajstić information content (AvgIpc) is 3.24. The van der Waals surface area contributed by atoms with Crippen molar-refractivity contribution in [1.29, 1.82) is 0 Å². The first-order valence-electron chi connectivity index (χ1n) is 10.0. The highest BCUT2D eigenvalue weighted by atomic mass is 32.1. The van der Waals surface area contributed by atoms with Crippen LogP contribution in [0.3, 0.4) is 0 Å². The Morgan fingerprint density at radius 2 is 2.03 bits per heavy atom. The SMILES string of the molecule is C#CCN(C)C(=O)c1csc(C2CCN(C(=O)COc3ccc(C)c(C)c3)CC2)n1. The number of terminal acetylenes is 1. The van der Waals surface area contributed by atoms with Gasteiger partial charge in [0.25, 0.3) is 11.8 Å². The summed E-state index contributed by atoms with van der Waals surface area (Å²) in [4.78, 5) is 32.7. The monoisotopic (exact) mass is 425 g/mol. The molecule has 7 heteroatoms. The van der Waals surface area contributed by atoms with Crippen molar-refractivity contribution in [2.75, 3.05) is 33.3 Å². The van der Waals surface area contributed by atoms with Crippen LogP contribution in [0.4, 0.5) is 0 Å². The van der Waals surface area contributed by atoms with Gasteiger partial charge >= 0.3 is 0 Å². The van der Waals surface area contributed by atoms with Crippen molar-refractivity contribution in [3.63, 3.8) is 0 Å². The number of benzene rings is 1. The summed E-state index contributed by atoms with van der Waals surface area (Å²) in [6.45, 7) is 5.71. The van der Waals surface area contributed by atoms with Gasteiger partial charge in [0, 0.05) is 31.4 Å². The van der Waals surface area contributed by atoms with E-state index in [0.29, 0.717) is 18.8 Å². The summed E-state index contributed by atoms with van der Waals surface area (Å²) in [5, 5.41) is 2.74. The van der Waals surface area contributed by atoms with Crippen LogP contribution in [-0.4, -0.2) is 59.9 Å². The summed E-state index contributed by atoms with van der Waals surface area (Å²) in [5.74, 6) is 3.28. The number of ether oxygens (including phenoxy) is 1. The molecule has 6 nitrogen and oxygen atoms in total. The van der Waals surface area contributed by atoms with Crippen LogP contribution < -0.4 is 4.74 Å². The molecule has 0 N–H and O–H groups in total. The summed E-state index contributed by atoms with van der Waals surface area (Å²) in [6.07, 6.45) is 6.93. The van der Waals surface area contributed by atoms with Gasteiger partial charge in [0.2, 0.25) is 0 Å². The van der Waals surface area contributed by atoms with Gasteiger partial charge in [-0.05, 0) is 49.9 Å². The predicted octanol–water partition coefficient (Wildman–Crippen LogP) is 3.25. The van der Waals surface area contributed by atoms with Crippen molar-refractivity contribution in [2.45, 2.75) is 32.6 Å². The fourth-order valence-corrected chi connectivity index (χ4v) is 4.36. The molecule has 2 heterocycles. The molecule has 0 atom stereocenters. The maximum Gasteiger partial charge on any atom is 0.273 e. The molecule has 0 bridgehead atoms. The van der Waals surface area contributed by atoms with E-state index in [4.69, 9.17) is 11.2 Å². The molecule has 1 aromatic carbocycles. The van der Waals surface area contributed by atoms with Crippen molar-refractivity contribution in [2.24, 2.45) is 0 Å². The van der Waals surface area contributed by atoms with Crippen LogP contribution in [0.25, 0.3) is 0 Å². The van der Waals surface area contributed by atoms with Gasteiger partial charge in [-0.25, -0.2) is 4.98 Å². The Morgan fingerprint density at radius 1 is 1.30 bits per heavy atom. The molecule has 0 saturated carbocycles. The quantitative estimate of drug-likeness (QED) is 0.667. The predicted molar refractivity (Wildman–Crippen MR) is 118 cm³/mol. The molecule has 0 radical (unpaired) electrons. The Bertz CT molecular complexity index is 955. The number of hydrogen-bond donors (Lipinski definition) is 0. The zero-order chi connectivity index (χ0) is 21.7. The molecular weight excluding hydrogens is 398 g/mol. The van der Waals surface area contributed by atoms with E-state index in [9.17, 15) is 9.59 Å². The van der Waals surface area contributed by atoms with Crippen LogP contribution in [0, 0.1) is 26.2 Å². The first kappa shape index (κ1) is 21.8. The van der Waals surface area contributed by atoms with Gasteiger partial charge in [-0.3, -0.25) is 9.59 Å². The molecule has 0 spiro atoms. The molecule has 1 aromatic heterocycles. The van der Waals surface area contributed by atoms with Gasteiger partial charge in [0.1, 0.15) is 11.4 Å². The molecule has 1 fully saturated rings. The summed E-state index contributed by atoms with van der Waals surface area (Å²) >= 11 is 1.50. The van der Waals surface area contributed by atoms with Crippen LogP contribution in [0.5, 0.6) is 5.75 Å². The van der Waals surface area contributed by atoms with E-state index in [1.54, 1.807) is 12.4 Å². The van der Waals surface area contributed by atoms with Crippen molar-refractivity contribution in [1.82, 2.24) is 14.8 Å². The van der Waals surface area contributed by atoms with Crippen molar-refractivity contribution < 1.29 is 14.3 Å². The van der Waals surface area contributed by atoms with E-state index in [0.717, 1.165) is 29.2 Å². The first-order valence-corrected chi connectivity index (χ1v) is 10.9. The number of hydrogen-bond acceptors (Lipinski definition) is 5. The van der Waals surface area contributed by atoms with E-state index < -0.39 is 0 Å². The first-order chi connectivity index (χ1) is 14.4. The normalized spacial score (nSPS) is 14.3. The van der Waals surface area contributed by atoms with Crippen LogP contribution >= 0.6 is 11.3 Å². The number of amides is 2. The second-order valence-corrected chi connectivity index (χ2v) is 8.52. The Balaban J connectivity index is 1.50.